The molecule has 2 aliphatic rings. The normalized spacial score (nSPS) is 22.2. The number of hydrogen-bond donors (Lipinski definition) is 2. The maximum absolute atomic E-state index is 12.2. The number of piperidine rings is 1. The summed E-state index contributed by atoms with van der Waals surface area (Å²) in [5, 5.41) is 8.65. The van der Waals surface area contributed by atoms with E-state index in [9.17, 15) is 4.79 Å². The van der Waals surface area contributed by atoms with Crippen molar-refractivity contribution in [2.24, 2.45) is 5.92 Å². The largest absolute Gasteiger partial charge is 0.354 e. The van der Waals surface area contributed by atoms with Gasteiger partial charge in [0.25, 0.3) is 0 Å². The average molecular weight is 380 g/mol. The molecule has 3 rings (SSSR count). The molecule has 132 valence electrons. The van der Waals surface area contributed by atoms with Crippen molar-refractivity contribution < 1.29 is 4.79 Å². The summed E-state index contributed by atoms with van der Waals surface area (Å²) in [6.45, 7) is 7.00. The number of rotatable bonds is 4. The summed E-state index contributed by atoms with van der Waals surface area (Å²) in [6, 6.07) is 2.64. The lowest BCUT2D eigenvalue weighted by molar-refractivity contribution is -0.125. The van der Waals surface area contributed by atoms with E-state index in [1.807, 2.05) is 11.3 Å². The van der Waals surface area contributed by atoms with Gasteiger partial charge in [0, 0.05) is 37.1 Å². The van der Waals surface area contributed by atoms with E-state index in [4.69, 9.17) is 0 Å². The zero-order valence-electron chi connectivity index (χ0n) is 13.5. The van der Waals surface area contributed by atoms with Gasteiger partial charge < -0.3 is 10.6 Å². The van der Waals surface area contributed by atoms with E-state index in [0.29, 0.717) is 6.04 Å². The molecule has 1 saturated heterocycles. The fourth-order valence-corrected chi connectivity index (χ4v) is 4.13. The molecule has 2 atom stereocenters. The molecule has 23 heavy (non-hydrogen) atoms. The van der Waals surface area contributed by atoms with Crippen molar-refractivity contribution in [3.8, 4) is 0 Å². The van der Waals surface area contributed by atoms with Gasteiger partial charge >= 0.3 is 0 Å². The number of nitrogens with zero attached hydrogens (tertiary/aromatic N) is 1. The minimum atomic E-state index is 0. The van der Waals surface area contributed by atoms with Gasteiger partial charge in [0.1, 0.15) is 0 Å². The zero-order chi connectivity index (χ0) is 14.7. The minimum Gasteiger partial charge on any atom is -0.354 e. The fourth-order valence-electron chi connectivity index (χ4n) is 3.24. The first-order valence-electron chi connectivity index (χ1n) is 8.02. The van der Waals surface area contributed by atoms with E-state index in [1.54, 1.807) is 0 Å². The topological polar surface area (TPSA) is 44.4 Å². The van der Waals surface area contributed by atoms with Crippen LogP contribution in [0.1, 0.15) is 30.2 Å². The first-order valence-corrected chi connectivity index (χ1v) is 8.89. The van der Waals surface area contributed by atoms with Crippen LogP contribution in [0.4, 0.5) is 0 Å². The molecule has 2 N–H and O–H groups in total. The van der Waals surface area contributed by atoms with Crippen LogP contribution >= 0.6 is 36.2 Å². The van der Waals surface area contributed by atoms with Crippen LogP contribution in [-0.2, 0) is 17.8 Å². The van der Waals surface area contributed by atoms with Gasteiger partial charge in [0.2, 0.25) is 5.91 Å². The molecule has 0 bridgehead atoms. The van der Waals surface area contributed by atoms with E-state index in [2.05, 4.69) is 33.9 Å². The van der Waals surface area contributed by atoms with Gasteiger partial charge in [-0.2, -0.15) is 0 Å². The molecule has 0 spiro atoms. The van der Waals surface area contributed by atoms with Gasteiger partial charge in [-0.05, 0) is 49.7 Å². The average Bonchev–Trinajstić information content (AvgIpc) is 3.00. The number of halogens is 2. The summed E-state index contributed by atoms with van der Waals surface area (Å²) in [4.78, 5) is 16.2. The maximum Gasteiger partial charge on any atom is 0.224 e. The quantitative estimate of drug-likeness (QED) is 0.844. The third-order valence-electron chi connectivity index (χ3n) is 4.70. The van der Waals surface area contributed by atoms with Crippen molar-refractivity contribution >= 4 is 42.1 Å². The van der Waals surface area contributed by atoms with E-state index in [-0.39, 0.29) is 36.6 Å². The predicted octanol–water partition coefficient (Wildman–Crippen LogP) is 2.45. The molecule has 0 radical (unpaired) electrons. The predicted molar refractivity (Wildman–Crippen MR) is 101 cm³/mol. The molecule has 1 aromatic rings. The number of carbonyl (C=O) groups is 1. The summed E-state index contributed by atoms with van der Waals surface area (Å²) in [5.74, 6) is 0.387. The Morgan fingerprint density at radius 1 is 1.52 bits per heavy atom. The van der Waals surface area contributed by atoms with Crippen molar-refractivity contribution in [2.75, 3.05) is 26.2 Å². The Morgan fingerprint density at radius 2 is 2.35 bits per heavy atom. The third kappa shape index (κ3) is 5.33. The number of thiophene rings is 1. The standard InChI is InChI=1S/C16H25N3OS.2ClH/c1-12(9-18-16(20)13-3-2-6-17-10-13)19-7-4-15-14(11-19)5-8-21-15;;/h5,8,12-13,17H,2-4,6-7,9-11H2,1H3,(H,18,20);2*1H. The number of amides is 1. The lowest BCUT2D eigenvalue weighted by Crippen LogP contribution is -2.47. The molecule has 7 heteroatoms. The first kappa shape index (κ1) is 20.7. The Morgan fingerprint density at radius 3 is 3.09 bits per heavy atom. The van der Waals surface area contributed by atoms with Gasteiger partial charge in [-0.15, -0.1) is 36.2 Å². The molecule has 0 aromatic carbocycles. The van der Waals surface area contributed by atoms with Crippen LogP contribution in [-0.4, -0.2) is 43.0 Å². The SMILES string of the molecule is CC(CNC(=O)C1CCCNC1)N1CCc2sccc2C1.Cl.Cl. The van der Waals surface area contributed by atoms with Gasteiger partial charge in [0.15, 0.2) is 0 Å². The van der Waals surface area contributed by atoms with Crippen molar-refractivity contribution in [2.45, 2.75) is 38.8 Å². The number of hydrogen-bond acceptors (Lipinski definition) is 4. The zero-order valence-corrected chi connectivity index (χ0v) is 16.0. The lowest BCUT2D eigenvalue weighted by atomic mass is 9.99. The van der Waals surface area contributed by atoms with Crippen LogP contribution in [0.25, 0.3) is 0 Å². The molecular weight excluding hydrogens is 353 g/mol. The second-order valence-corrected chi connectivity index (χ2v) is 7.23. The van der Waals surface area contributed by atoms with Crippen LogP contribution in [0.3, 0.4) is 0 Å². The molecule has 1 fully saturated rings. The Bertz CT molecular complexity index is 491. The number of nitrogens with one attached hydrogen (secondary N) is 2. The second-order valence-electron chi connectivity index (χ2n) is 6.23. The van der Waals surface area contributed by atoms with Crippen LogP contribution < -0.4 is 10.6 Å². The van der Waals surface area contributed by atoms with Crippen molar-refractivity contribution in [3.05, 3.63) is 21.9 Å². The van der Waals surface area contributed by atoms with Gasteiger partial charge in [-0.1, -0.05) is 0 Å². The van der Waals surface area contributed by atoms with Gasteiger partial charge in [0.05, 0.1) is 5.92 Å². The highest BCUT2D eigenvalue weighted by Crippen LogP contribution is 2.25. The smallest absolute Gasteiger partial charge is 0.224 e. The summed E-state index contributed by atoms with van der Waals surface area (Å²) in [5.41, 5.74) is 1.47. The molecule has 2 aliphatic heterocycles. The Balaban J connectivity index is 0.00000132. The van der Waals surface area contributed by atoms with Crippen LogP contribution in [0.5, 0.6) is 0 Å². The van der Waals surface area contributed by atoms with Crippen LogP contribution in [0.2, 0.25) is 0 Å². The van der Waals surface area contributed by atoms with Crippen molar-refractivity contribution in [3.63, 3.8) is 0 Å². The van der Waals surface area contributed by atoms with E-state index >= 15 is 0 Å². The summed E-state index contributed by atoms with van der Waals surface area (Å²) < 4.78 is 0. The maximum atomic E-state index is 12.2. The molecule has 0 saturated carbocycles. The molecule has 2 unspecified atom stereocenters. The Kier molecular flexibility index (Phi) is 8.86. The second kappa shape index (κ2) is 9.84. The summed E-state index contributed by atoms with van der Waals surface area (Å²) >= 11 is 1.87. The van der Waals surface area contributed by atoms with E-state index in [1.165, 1.54) is 10.4 Å². The molecule has 1 amide bonds. The lowest BCUT2D eigenvalue weighted by Gasteiger charge is -2.33. The number of fused-ring (bicyclic) bond motifs is 1. The Hall–Kier alpha value is -0.330. The fraction of sp³-hybridized carbons (Fsp3) is 0.688. The van der Waals surface area contributed by atoms with Gasteiger partial charge in [-0.25, -0.2) is 0 Å². The van der Waals surface area contributed by atoms with Crippen LogP contribution in [0, 0.1) is 5.92 Å². The Labute approximate surface area is 155 Å². The molecule has 3 heterocycles. The molecule has 4 nitrogen and oxygen atoms in total. The molecular formula is C16H27Cl2N3OS. The monoisotopic (exact) mass is 379 g/mol. The highest BCUT2D eigenvalue weighted by molar-refractivity contribution is 7.10. The first-order chi connectivity index (χ1) is 10.2. The van der Waals surface area contributed by atoms with Crippen molar-refractivity contribution in [1.29, 1.82) is 0 Å². The molecule has 1 aromatic heterocycles. The van der Waals surface area contributed by atoms with Gasteiger partial charge in [-0.3, -0.25) is 9.69 Å². The number of carbonyl (C=O) groups excluding carboxylic acids is 1. The van der Waals surface area contributed by atoms with Crippen LogP contribution in [0.15, 0.2) is 11.4 Å². The highest BCUT2D eigenvalue weighted by Gasteiger charge is 2.24. The van der Waals surface area contributed by atoms with Crippen molar-refractivity contribution in [1.82, 2.24) is 15.5 Å². The minimum absolute atomic E-state index is 0. The summed E-state index contributed by atoms with van der Waals surface area (Å²) in [7, 11) is 0. The summed E-state index contributed by atoms with van der Waals surface area (Å²) in [6.07, 6.45) is 3.29. The third-order valence-corrected chi connectivity index (χ3v) is 5.72. The van der Waals surface area contributed by atoms with E-state index in [0.717, 1.165) is 52.0 Å². The van der Waals surface area contributed by atoms with E-state index < -0.39 is 0 Å². The molecule has 0 aliphatic carbocycles. The highest BCUT2D eigenvalue weighted by atomic mass is 35.5.